The number of hydrogen-bond acceptors (Lipinski definition) is 3. The number of aliphatic hydroxyl groups excluding tert-OH is 1. The van der Waals surface area contributed by atoms with Crippen LogP contribution < -0.4 is 0 Å². The van der Waals surface area contributed by atoms with Gasteiger partial charge in [-0.25, -0.2) is 4.79 Å². The van der Waals surface area contributed by atoms with E-state index in [0.29, 0.717) is 13.0 Å². The van der Waals surface area contributed by atoms with Crippen LogP contribution in [0, 0.1) is 0 Å². The van der Waals surface area contributed by atoms with Crippen LogP contribution in [0.3, 0.4) is 0 Å². The summed E-state index contributed by atoms with van der Waals surface area (Å²) in [6.45, 7) is 6.29. The lowest BCUT2D eigenvalue weighted by Gasteiger charge is -2.24. The maximum Gasteiger partial charge on any atom is 0.410 e. The van der Waals surface area contributed by atoms with Crippen molar-refractivity contribution in [1.82, 2.24) is 4.90 Å². The van der Waals surface area contributed by atoms with Crippen molar-refractivity contribution < 1.29 is 14.6 Å². The Morgan fingerprint density at radius 3 is 2.80 bits per heavy atom. The van der Waals surface area contributed by atoms with Crippen molar-refractivity contribution in [2.45, 2.75) is 58.3 Å². The summed E-state index contributed by atoms with van der Waals surface area (Å²) in [7, 11) is 0. The molecule has 4 nitrogen and oxygen atoms in total. The molecule has 1 aliphatic heterocycles. The van der Waals surface area contributed by atoms with E-state index in [-0.39, 0.29) is 24.3 Å². The van der Waals surface area contributed by atoms with Gasteiger partial charge in [0, 0.05) is 6.04 Å². The van der Waals surface area contributed by atoms with Crippen LogP contribution in [0.1, 0.15) is 40.0 Å². The number of hydrogen-bond donors (Lipinski definition) is 1. The Labute approximate surface area is 91.2 Å². The molecule has 1 fully saturated rings. The van der Waals surface area contributed by atoms with Gasteiger partial charge in [0.15, 0.2) is 0 Å². The summed E-state index contributed by atoms with van der Waals surface area (Å²) >= 11 is 0. The summed E-state index contributed by atoms with van der Waals surface area (Å²) in [6.07, 6.45) is 1.64. The fraction of sp³-hybridized carbons (Fsp3) is 0.909. The smallest absolute Gasteiger partial charge is 0.410 e. The minimum absolute atomic E-state index is 0.0484. The summed E-state index contributed by atoms with van der Waals surface area (Å²) in [5.41, 5.74) is 0. The maximum absolute atomic E-state index is 11.7. The summed E-state index contributed by atoms with van der Waals surface area (Å²) in [6, 6.07) is 0.136. The number of carbonyl (C=O) groups excluding carboxylic acids is 1. The first kappa shape index (κ1) is 12.3. The SMILES string of the molecule is CCC(C)OC(=O)N1C[C@@H](O)C[C@@H]1CC. The molecule has 4 heteroatoms. The summed E-state index contributed by atoms with van der Waals surface area (Å²) in [5.74, 6) is 0. The summed E-state index contributed by atoms with van der Waals surface area (Å²) in [4.78, 5) is 13.4. The quantitative estimate of drug-likeness (QED) is 0.780. The van der Waals surface area contributed by atoms with E-state index in [1.165, 1.54) is 0 Å². The number of aliphatic hydroxyl groups is 1. The molecule has 0 spiro atoms. The lowest BCUT2D eigenvalue weighted by molar-refractivity contribution is 0.0617. The zero-order valence-corrected chi connectivity index (χ0v) is 9.77. The number of ether oxygens (including phenoxy) is 1. The largest absolute Gasteiger partial charge is 0.446 e. The van der Waals surface area contributed by atoms with Gasteiger partial charge < -0.3 is 14.7 Å². The molecule has 15 heavy (non-hydrogen) atoms. The molecule has 3 atom stereocenters. The third kappa shape index (κ3) is 3.09. The number of β-amino-alcohol motifs (C(OH)–C–C–N with tert-alkyl or cyclic N) is 1. The number of nitrogens with zero attached hydrogens (tertiary/aromatic N) is 1. The molecule has 1 saturated heterocycles. The molecule has 1 heterocycles. The third-order valence-electron chi connectivity index (χ3n) is 2.98. The fourth-order valence-corrected chi connectivity index (χ4v) is 1.83. The highest BCUT2D eigenvalue weighted by atomic mass is 16.6. The van der Waals surface area contributed by atoms with Crippen molar-refractivity contribution in [3.05, 3.63) is 0 Å². The van der Waals surface area contributed by atoms with E-state index >= 15 is 0 Å². The molecule has 0 radical (unpaired) electrons. The molecule has 1 unspecified atom stereocenters. The Balaban J connectivity index is 2.51. The fourth-order valence-electron chi connectivity index (χ4n) is 1.83. The molecule has 0 aromatic rings. The standard InChI is InChI=1S/C11H21NO3/c1-4-8(3)15-11(14)12-7-10(13)6-9(12)5-2/h8-10,13H,4-7H2,1-3H3/t8?,9-,10-/m0/s1. The van der Waals surface area contributed by atoms with Crippen LogP contribution in [0.25, 0.3) is 0 Å². The van der Waals surface area contributed by atoms with E-state index < -0.39 is 0 Å². The average molecular weight is 215 g/mol. The van der Waals surface area contributed by atoms with Gasteiger partial charge in [-0.1, -0.05) is 13.8 Å². The molecule has 0 bridgehead atoms. The topological polar surface area (TPSA) is 49.8 Å². The molecule has 88 valence electrons. The predicted octanol–water partition coefficient (Wildman–Crippen LogP) is 1.77. The number of amides is 1. The predicted molar refractivity (Wildman–Crippen MR) is 57.6 cm³/mol. The van der Waals surface area contributed by atoms with Gasteiger partial charge in [-0.15, -0.1) is 0 Å². The molecule has 0 saturated carbocycles. The molecule has 0 aliphatic carbocycles. The first-order chi connectivity index (χ1) is 7.08. The van der Waals surface area contributed by atoms with Gasteiger partial charge in [-0.05, 0) is 26.2 Å². The van der Waals surface area contributed by atoms with Crippen LogP contribution in [-0.2, 0) is 4.74 Å². The Morgan fingerprint density at radius 1 is 1.60 bits per heavy atom. The molecular formula is C11H21NO3. The molecule has 1 aliphatic rings. The maximum atomic E-state index is 11.7. The van der Waals surface area contributed by atoms with Gasteiger partial charge in [0.05, 0.1) is 12.6 Å². The Hall–Kier alpha value is -0.770. The van der Waals surface area contributed by atoms with Gasteiger partial charge in [0.25, 0.3) is 0 Å². The summed E-state index contributed by atoms with van der Waals surface area (Å²) in [5, 5.41) is 9.49. The van der Waals surface area contributed by atoms with Crippen molar-refractivity contribution >= 4 is 6.09 Å². The molecule has 1 rings (SSSR count). The van der Waals surface area contributed by atoms with Crippen molar-refractivity contribution in [3.8, 4) is 0 Å². The normalized spacial score (nSPS) is 27.9. The van der Waals surface area contributed by atoms with Crippen LogP contribution in [0.5, 0.6) is 0 Å². The molecule has 1 amide bonds. The van der Waals surface area contributed by atoms with Crippen LogP contribution in [0.4, 0.5) is 4.79 Å². The summed E-state index contributed by atoms with van der Waals surface area (Å²) < 4.78 is 5.24. The van der Waals surface area contributed by atoms with E-state index in [2.05, 4.69) is 0 Å². The number of carbonyl (C=O) groups is 1. The Kier molecular flexibility index (Phi) is 4.39. The van der Waals surface area contributed by atoms with Crippen LogP contribution in [0.15, 0.2) is 0 Å². The lowest BCUT2D eigenvalue weighted by atomic mass is 10.1. The molecule has 1 N–H and O–H groups in total. The van der Waals surface area contributed by atoms with Crippen molar-refractivity contribution in [2.75, 3.05) is 6.54 Å². The van der Waals surface area contributed by atoms with Crippen LogP contribution >= 0.6 is 0 Å². The Bertz CT molecular complexity index is 220. The monoisotopic (exact) mass is 215 g/mol. The lowest BCUT2D eigenvalue weighted by Crippen LogP contribution is -2.37. The van der Waals surface area contributed by atoms with Crippen molar-refractivity contribution in [2.24, 2.45) is 0 Å². The highest BCUT2D eigenvalue weighted by Gasteiger charge is 2.34. The van der Waals surface area contributed by atoms with Crippen LogP contribution in [-0.4, -0.2) is 40.9 Å². The number of rotatable bonds is 3. The molecular weight excluding hydrogens is 194 g/mol. The van der Waals surface area contributed by atoms with Gasteiger partial charge in [0.2, 0.25) is 0 Å². The zero-order valence-electron chi connectivity index (χ0n) is 9.77. The first-order valence-electron chi connectivity index (χ1n) is 5.73. The second-order valence-electron chi connectivity index (χ2n) is 4.21. The van der Waals surface area contributed by atoms with E-state index in [1.807, 2.05) is 20.8 Å². The zero-order chi connectivity index (χ0) is 11.4. The van der Waals surface area contributed by atoms with E-state index in [1.54, 1.807) is 4.90 Å². The van der Waals surface area contributed by atoms with E-state index in [0.717, 1.165) is 12.8 Å². The molecule has 0 aromatic carbocycles. The van der Waals surface area contributed by atoms with Crippen molar-refractivity contribution in [3.63, 3.8) is 0 Å². The minimum atomic E-state index is -0.389. The van der Waals surface area contributed by atoms with Gasteiger partial charge >= 0.3 is 6.09 Å². The third-order valence-corrected chi connectivity index (χ3v) is 2.98. The second-order valence-corrected chi connectivity index (χ2v) is 4.21. The highest BCUT2D eigenvalue weighted by molar-refractivity contribution is 5.68. The van der Waals surface area contributed by atoms with E-state index in [9.17, 15) is 9.90 Å². The Morgan fingerprint density at radius 2 is 2.27 bits per heavy atom. The van der Waals surface area contributed by atoms with Crippen LogP contribution in [0.2, 0.25) is 0 Å². The van der Waals surface area contributed by atoms with E-state index in [4.69, 9.17) is 4.74 Å². The molecule has 0 aromatic heterocycles. The van der Waals surface area contributed by atoms with Gasteiger partial charge in [-0.2, -0.15) is 0 Å². The average Bonchev–Trinajstić information content (AvgIpc) is 2.59. The van der Waals surface area contributed by atoms with Gasteiger partial charge in [-0.3, -0.25) is 0 Å². The minimum Gasteiger partial charge on any atom is -0.446 e. The highest BCUT2D eigenvalue weighted by Crippen LogP contribution is 2.21. The number of likely N-dealkylation sites (tertiary alicyclic amines) is 1. The second kappa shape index (κ2) is 5.35. The van der Waals surface area contributed by atoms with Crippen molar-refractivity contribution in [1.29, 1.82) is 0 Å². The van der Waals surface area contributed by atoms with Gasteiger partial charge in [0.1, 0.15) is 6.10 Å². The first-order valence-corrected chi connectivity index (χ1v) is 5.73.